The number of carbonyl (C=O) groups excluding carboxylic acids is 1. The van der Waals surface area contributed by atoms with Gasteiger partial charge in [0.25, 0.3) is 10.0 Å². The highest BCUT2D eigenvalue weighted by Crippen LogP contribution is 2.40. The van der Waals surface area contributed by atoms with Crippen molar-refractivity contribution < 1.29 is 40.2 Å². The lowest BCUT2D eigenvalue weighted by atomic mass is 10.1. The van der Waals surface area contributed by atoms with E-state index in [1.54, 1.807) is 6.07 Å². The molecule has 38 heavy (non-hydrogen) atoms. The number of benzene rings is 3. The molecule has 13 heteroatoms. The molecule has 202 valence electrons. The number of alkyl halides is 3. The van der Waals surface area contributed by atoms with E-state index in [9.17, 15) is 30.8 Å². The fraction of sp³-hybridized carbons (Fsp3) is 0.240. The average molecular weight is 573 g/mol. The number of esters is 1. The fourth-order valence-corrected chi connectivity index (χ4v) is 5.65. The number of sulfonamides is 1. The van der Waals surface area contributed by atoms with Crippen molar-refractivity contribution in [2.24, 2.45) is 0 Å². The summed E-state index contributed by atoms with van der Waals surface area (Å²) in [5, 5.41) is 3.15. The van der Waals surface area contributed by atoms with E-state index in [0.29, 0.717) is 11.8 Å². The molecular formula is C25H21ClF4N2O5S. The van der Waals surface area contributed by atoms with Crippen molar-refractivity contribution in [1.82, 2.24) is 0 Å². The second-order valence-corrected chi connectivity index (χ2v) is 10.6. The largest absolute Gasteiger partial charge is 0.486 e. The molecular weight excluding hydrogens is 552 g/mol. The number of hydrogen-bond donors (Lipinski definition) is 1. The number of nitrogens with one attached hydrogen (secondary N) is 1. The SMILES string of the molecule is COC(=O)C[C@H]1CN(S(=O)(=O)c2cccc(C(F)(F)F)c2)c2cc(NCc3c(F)cccc3Cl)ccc2O1. The summed E-state index contributed by atoms with van der Waals surface area (Å²) in [6.07, 6.45) is -6.02. The van der Waals surface area contributed by atoms with Gasteiger partial charge >= 0.3 is 12.1 Å². The van der Waals surface area contributed by atoms with E-state index in [1.807, 2.05) is 0 Å². The van der Waals surface area contributed by atoms with Crippen LogP contribution in [-0.2, 0) is 32.3 Å². The van der Waals surface area contributed by atoms with Crippen LogP contribution in [0.25, 0.3) is 0 Å². The average Bonchev–Trinajstić information content (AvgIpc) is 2.87. The first-order valence-electron chi connectivity index (χ1n) is 11.1. The summed E-state index contributed by atoms with van der Waals surface area (Å²) < 4.78 is 92.6. The Morgan fingerprint density at radius 2 is 1.89 bits per heavy atom. The topological polar surface area (TPSA) is 84.9 Å². The molecule has 1 aliphatic heterocycles. The highest BCUT2D eigenvalue weighted by molar-refractivity contribution is 7.92. The van der Waals surface area contributed by atoms with Crippen LogP contribution in [0.2, 0.25) is 5.02 Å². The number of ether oxygens (including phenoxy) is 2. The summed E-state index contributed by atoms with van der Waals surface area (Å²) in [7, 11) is -3.38. The Hall–Kier alpha value is -3.51. The van der Waals surface area contributed by atoms with E-state index in [1.165, 1.54) is 30.3 Å². The van der Waals surface area contributed by atoms with Crippen LogP contribution in [0.3, 0.4) is 0 Å². The normalized spacial score (nSPS) is 15.4. The molecule has 1 aliphatic rings. The van der Waals surface area contributed by atoms with Crippen LogP contribution in [0.5, 0.6) is 5.75 Å². The first-order valence-corrected chi connectivity index (χ1v) is 13.0. The molecule has 3 aromatic carbocycles. The number of fused-ring (bicyclic) bond motifs is 1. The van der Waals surface area contributed by atoms with Gasteiger partial charge in [0, 0.05) is 22.8 Å². The first-order chi connectivity index (χ1) is 17.9. The van der Waals surface area contributed by atoms with Crippen molar-refractivity contribution >= 4 is 39.0 Å². The Balaban J connectivity index is 1.72. The Morgan fingerprint density at radius 3 is 2.58 bits per heavy atom. The molecule has 1 atom stereocenters. The molecule has 0 saturated carbocycles. The lowest BCUT2D eigenvalue weighted by Crippen LogP contribution is -2.44. The molecule has 3 aromatic rings. The third-order valence-electron chi connectivity index (χ3n) is 5.79. The highest BCUT2D eigenvalue weighted by atomic mass is 35.5. The summed E-state index contributed by atoms with van der Waals surface area (Å²) in [6.45, 7) is -0.403. The summed E-state index contributed by atoms with van der Waals surface area (Å²) in [5.74, 6) is -1.12. The number of methoxy groups -OCH3 is 1. The minimum Gasteiger partial charge on any atom is -0.486 e. The molecule has 0 aliphatic carbocycles. The lowest BCUT2D eigenvalue weighted by Gasteiger charge is -2.35. The predicted molar refractivity (Wildman–Crippen MR) is 132 cm³/mol. The summed E-state index contributed by atoms with van der Waals surface area (Å²) in [4.78, 5) is 11.3. The second-order valence-electron chi connectivity index (χ2n) is 8.32. The van der Waals surface area contributed by atoms with Crippen LogP contribution in [0.15, 0.2) is 65.6 Å². The molecule has 4 rings (SSSR count). The molecule has 7 nitrogen and oxygen atoms in total. The monoisotopic (exact) mass is 572 g/mol. The van der Waals surface area contributed by atoms with Crippen molar-refractivity contribution in [2.45, 2.75) is 30.1 Å². The van der Waals surface area contributed by atoms with Crippen LogP contribution in [-0.4, -0.2) is 34.1 Å². The predicted octanol–water partition coefficient (Wildman–Crippen LogP) is 5.63. The number of anilines is 2. The molecule has 0 amide bonds. The summed E-state index contributed by atoms with van der Waals surface area (Å²) in [6, 6.07) is 12.0. The minimum absolute atomic E-state index is 0.0214. The zero-order chi connectivity index (χ0) is 27.7. The molecule has 0 unspecified atom stereocenters. The summed E-state index contributed by atoms with van der Waals surface area (Å²) >= 11 is 6.07. The zero-order valence-electron chi connectivity index (χ0n) is 19.8. The van der Waals surface area contributed by atoms with Gasteiger partial charge in [-0.2, -0.15) is 13.2 Å². The van der Waals surface area contributed by atoms with Gasteiger partial charge in [-0.05, 0) is 48.5 Å². The third-order valence-corrected chi connectivity index (χ3v) is 7.92. The van der Waals surface area contributed by atoms with Gasteiger partial charge in [0.2, 0.25) is 0 Å². The molecule has 0 spiro atoms. The van der Waals surface area contributed by atoms with Gasteiger partial charge in [0.15, 0.2) is 0 Å². The molecule has 0 bridgehead atoms. The maximum absolute atomic E-state index is 14.2. The maximum Gasteiger partial charge on any atom is 0.416 e. The zero-order valence-corrected chi connectivity index (χ0v) is 21.3. The quantitative estimate of drug-likeness (QED) is 0.292. The number of halogens is 5. The first kappa shape index (κ1) is 27.5. The standard InChI is InChI=1S/C25H21ClF4N2O5S/c1-36-24(33)12-17-14-32(38(34,35)18-5-2-4-15(10-18)25(28,29)30)22-11-16(8-9-23(22)37-17)31-13-19-20(26)6-3-7-21(19)27/h2-11,17,31H,12-14H2,1H3/t17-/m0/s1. The number of rotatable bonds is 7. The van der Waals surface area contributed by atoms with Crippen LogP contribution < -0.4 is 14.4 Å². The molecule has 0 radical (unpaired) electrons. The highest BCUT2D eigenvalue weighted by Gasteiger charge is 2.37. The third kappa shape index (κ3) is 5.81. The molecule has 1 N–H and O–H groups in total. The van der Waals surface area contributed by atoms with Gasteiger partial charge in [-0.15, -0.1) is 0 Å². The van der Waals surface area contributed by atoms with Crippen molar-refractivity contribution in [3.05, 3.63) is 82.6 Å². The van der Waals surface area contributed by atoms with Gasteiger partial charge in [-0.1, -0.05) is 23.7 Å². The Labute approximate surface area is 221 Å². The van der Waals surface area contributed by atoms with Crippen LogP contribution in [0, 0.1) is 5.82 Å². The van der Waals surface area contributed by atoms with E-state index in [-0.39, 0.29) is 41.5 Å². The van der Waals surface area contributed by atoms with E-state index in [2.05, 4.69) is 10.1 Å². The molecule has 0 aromatic heterocycles. The van der Waals surface area contributed by atoms with Crippen molar-refractivity contribution in [2.75, 3.05) is 23.3 Å². The summed E-state index contributed by atoms with van der Waals surface area (Å²) in [5.41, 5.74) is -0.555. The lowest BCUT2D eigenvalue weighted by molar-refractivity contribution is -0.142. The van der Waals surface area contributed by atoms with Crippen molar-refractivity contribution in [1.29, 1.82) is 0 Å². The number of hydrogen-bond acceptors (Lipinski definition) is 6. The molecule has 0 saturated heterocycles. The molecule has 0 fully saturated rings. The van der Waals surface area contributed by atoms with Crippen LogP contribution in [0.4, 0.5) is 28.9 Å². The van der Waals surface area contributed by atoms with Gasteiger partial charge in [-0.3, -0.25) is 9.10 Å². The molecule has 1 heterocycles. The number of nitrogens with zero attached hydrogens (tertiary/aromatic N) is 1. The van der Waals surface area contributed by atoms with Crippen molar-refractivity contribution in [3.63, 3.8) is 0 Å². The minimum atomic E-state index is -4.76. The van der Waals surface area contributed by atoms with E-state index in [0.717, 1.165) is 29.6 Å². The fourth-order valence-electron chi connectivity index (χ4n) is 3.88. The smallest absolute Gasteiger partial charge is 0.416 e. The van der Waals surface area contributed by atoms with E-state index >= 15 is 0 Å². The Bertz CT molecular complexity index is 1450. The van der Waals surface area contributed by atoms with Crippen LogP contribution in [0.1, 0.15) is 17.5 Å². The van der Waals surface area contributed by atoms with E-state index < -0.39 is 44.5 Å². The maximum atomic E-state index is 14.2. The van der Waals surface area contributed by atoms with Gasteiger partial charge in [-0.25, -0.2) is 12.8 Å². The second kappa shape index (κ2) is 10.7. The van der Waals surface area contributed by atoms with E-state index in [4.69, 9.17) is 16.3 Å². The van der Waals surface area contributed by atoms with Gasteiger partial charge < -0.3 is 14.8 Å². The van der Waals surface area contributed by atoms with Crippen LogP contribution >= 0.6 is 11.6 Å². The Morgan fingerprint density at radius 1 is 1.16 bits per heavy atom. The van der Waals surface area contributed by atoms with Crippen molar-refractivity contribution in [3.8, 4) is 5.75 Å². The van der Waals surface area contributed by atoms with Gasteiger partial charge in [0.1, 0.15) is 17.7 Å². The number of carbonyl (C=O) groups is 1. The van der Waals surface area contributed by atoms with Gasteiger partial charge in [0.05, 0.1) is 36.2 Å². The Kier molecular flexibility index (Phi) is 7.75.